The van der Waals surface area contributed by atoms with Crippen molar-refractivity contribution in [2.45, 2.75) is 76.3 Å². The van der Waals surface area contributed by atoms with Crippen LogP contribution in [0.3, 0.4) is 0 Å². The predicted molar refractivity (Wildman–Crippen MR) is 178 cm³/mol. The highest BCUT2D eigenvalue weighted by molar-refractivity contribution is 7.17. The number of nitrogens with zero attached hydrogens (tertiary/aromatic N) is 4. The van der Waals surface area contributed by atoms with Gasteiger partial charge in [0.2, 0.25) is 5.91 Å². The Morgan fingerprint density at radius 2 is 1.83 bits per heavy atom. The van der Waals surface area contributed by atoms with E-state index in [9.17, 15) is 19.5 Å². The molecule has 0 aliphatic heterocycles. The minimum Gasteiger partial charge on any atom is -0.477 e. The lowest BCUT2D eigenvalue weighted by Crippen LogP contribution is -2.55. The van der Waals surface area contributed by atoms with Crippen LogP contribution in [-0.2, 0) is 4.79 Å². The van der Waals surface area contributed by atoms with Crippen LogP contribution < -0.4 is 16.0 Å². The van der Waals surface area contributed by atoms with Crippen molar-refractivity contribution in [1.29, 1.82) is 0 Å². The molecule has 4 heterocycles. The molecule has 0 radical (unpaired) electrons. The molecule has 0 atom stereocenters. The number of carboxylic acid groups (broad SMARTS) is 1. The van der Waals surface area contributed by atoms with E-state index in [1.165, 1.54) is 25.5 Å². The van der Waals surface area contributed by atoms with E-state index in [2.05, 4.69) is 30.5 Å². The molecule has 4 N–H and O–H groups in total. The number of imidazole rings is 1. The summed E-state index contributed by atoms with van der Waals surface area (Å²) in [5, 5.41) is 18.7. The maximum Gasteiger partial charge on any atom is 0.347 e. The monoisotopic (exact) mass is 653 g/mol. The zero-order valence-corrected chi connectivity index (χ0v) is 26.7. The van der Waals surface area contributed by atoms with Crippen LogP contribution in [0.2, 0.25) is 0 Å². The highest BCUT2D eigenvalue weighted by Gasteiger charge is 2.42. The van der Waals surface area contributed by atoms with Crippen molar-refractivity contribution >= 4 is 56.8 Å². The van der Waals surface area contributed by atoms with Crippen LogP contribution in [0.4, 0.5) is 16.6 Å². The standard InChI is InChI=1S/C34H35N7O5S/c1-20-28(31(43)44)47-33(36-20)39-27-12-10-23(18-35-27)37-32(45)34(14-5-6-15-34)40-30(42)21-9-11-26-25(17-21)38-29(22-13-16-46-19-22)41(26)24-7-3-2-4-8-24/h9-13,16-19,24H,2-8,14-15H2,1H3,(H,37,45)(H,40,42)(H,43,44)(H,35,36,39). The molecule has 5 aromatic rings. The van der Waals surface area contributed by atoms with Gasteiger partial charge in [-0.3, -0.25) is 9.59 Å². The number of amides is 2. The fourth-order valence-electron chi connectivity index (χ4n) is 6.77. The van der Waals surface area contributed by atoms with Gasteiger partial charge in [0, 0.05) is 11.6 Å². The van der Waals surface area contributed by atoms with E-state index < -0.39 is 11.5 Å². The second-order valence-corrected chi connectivity index (χ2v) is 13.3. The Bertz CT molecular complexity index is 1940. The normalized spacial score (nSPS) is 16.3. The number of thiazole rings is 1. The molecule has 2 aliphatic rings. The van der Waals surface area contributed by atoms with Crippen LogP contribution >= 0.6 is 11.3 Å². The van der Waals surface area contributed by atoms with Gasteiger partial charge in [0.1, 0.15) is 28.3 Å². The number of carbonyl (C=O) groups excluding carboxylic acids is 2. The molecule has 0 spiro atoms. The highest BCUT2D eigenvalue weighted by Crippen LogP contribution is 2.37. The van der Waals surface area contributed by atoms with Gasteiger partial charge in [0.25, 0.3) is 5.91 Å². The van der Waals surface area contributed by atoms with Crippen molar-refractivity contribution in [3.05, 3.63) is 71.3 Å². The Balaban J connectivity index is 1.08. The molecule has 2 fully saturated rings. The molecule has 242 valence electrons. The Hall–Kier alpha value is -5.04. The number of aryl methyl sites for hydroxylation is 1. The summed E-state index contributed by atoms with van der Waals surface area (Å²) in [4.78, 5) is 52.4. The first kappa shape index (κ1) is 30.6. The van der Waals surface area contributed by atoms with Gasteiger partial charge in [-0.1, -0.05) is 43.4 Å². The van der Waals surface area contributed by atoms with Gasteiger partial charge in [-0.2, -0.15) is 0 Å². The lowest BCUT2D eigenvalue weighted by Gasteiger charge is -2.29. The van der Waals surface area contributed by atoms with E-state index in [0.717, 1.165) is 59.4 Å². The third-order valence-corrected chi connectivity index (χ3v) is 10.2. The third-order valence-electron chi connectivity index (χ3n) is 9.16. The van der Waals surface area contributed by atoms with Crippen LogP contribution in [0.25, 0.3) is 22.4 Å². The lowest BCUT2D eigenvalue weighted by molar-refractivity contribution is -0.122. The number of nitrogens with one attached hydrogen (secondary N) is 3. The highest BCUT2D eigenvalue weighted by atomic mass is 32.1. The summed E-state index contributed by atoms with van der Waals surface area (Å²) in [6.07, 6.45) is 13.3. The van der Waals surface area contributed by atoms with Gasteiger partial charge >= 0.3 is 5.97 Å². The number of hydrogen-bond donors (Lipinski definition) is 4. The van der Waals surface area contributed by atoms with Crippen molar-refractivity contribution in [2.75, 3.05) is 10.6 Å². The molecule has 0 bridgehead atoms. The molecular formula is C34H35N7O5S. The molecule has 1 aromatic carbocycles. The Kier molecular flexibility index (Phi) is 8.22. The van der Waals surface area contributed by atoms with Gasteiger partial charge in [0.15, 0.2) is 5.13 Å². The van der Waals surface area contributed by atoms with E-state index in [1.807, 2.05) is 24.3 Å². The first-order chi connectivity index (χ1) is 22.8. The molecule has 0 saturated heterocycles. The Labute approximate surface area is 274 Å². The minimum atomic E-state index is -1.06. The van der Waals surface area contributed by atoms with Crippen molar-refractivity contribution in [3.63, 3.8) is 0 Å². The molecule has 47 heavy (non-hydrogen) atoms. The quantitative estimate of drug-likeness (QED) is 0.130. The fraction of sp³-hybridized carbons (Fsp3) is 0.353. The number of benzene rings is 1. The van der Waals surface area contributed by atoms with Crippen LogP contribution in [-0.4, -0.2) is 47.9 Å². The van der Waals surface area contributed by atoms with Crippen LogP contribution in [0.15, 0.2) is 59.5 Å². The number of fused-ring (bicyclic) bond motifs is 1. The summed E-state index contributed by atoms with van der Waals surface area (Å²) < 4.78 is 7.68. The first-order valence-corrected chi connectivity index (χ1v) is 16.7. The van der Waals surface area contributed by atoms with E-state index in [0.29, 0.717) is 46.8 Å². The Morgan fingerprint density at radius 3 is 2.51 bits per heavy atom. The number of furan rings is 1. The number of carbonyl (C=O) groups is 3. The molecule has 0 unspecified atom stereocenters. The summed E-state index contributed by atoms with van der Waals surface area (Å²) in [6, 6.07) is 11.2. The number of aromatic carboxylic acids is 1. The molecule has 2 saturated carbocycles. The number of pyridine rings is 1. The molecule has 13 heteroatoms. The van der Waals surface area contributed by atoms with Crippen molar-refractivity contribution in [3.8, 4) is 11.4 Å². The van der Waals surface area contributed by atoms with Crippen molar-refractivity contribution < 1.29 is 23.9 Å². The second kappa shape index (κ2) is 12.6. The largest absolute Gasteiger partial charge is 0.477 e. The first-order valence-electron chi connectivity index (χ1n) is 15.9. The van der Waals surface area contributed by atoms with Gasteiger partial charge in [-0.25, -0.2) is 19.7 Å². The predicted octanol–water partition coefficient (Wildman–Crippen LogP) is 7.08. The summed E-state index contributed by atoms with van der Waals surface area (Å²) in [5.41, 5.74) is 2.91. The molecule has 12 nitrogen and oxygen atoms in total. The van der Waals surface area contributed by atoms with E-state index in [4.69, 9.17) is 9.40 Å². The van der Waals surface area contributed by atoms with Crippen LogP contribution in [0, 0.1) is 6.92 Å². The van der Waals surface area contributed by atoms with E-state index in [-0.39, 0.29) is 16.7 Å². The van der Waals surface area contributed by atoms with Gasteiger partial charge in [0.05, 0.1) is 40.4 Å². The number of anilines is 3. The van der Waals surface area contributed by atoms with Crippen molar-refractivity contribution in [2.24, 2.45) is 0 Å². The molecule has 2 aliphatic carbocycles. The maximum absolute atomic E-state index is 13.7. The molecule has 2 amide bonds. The minimum absolute atomic E-state index is 0.160. The van der Waals surface area contributed by atoms with Gasteiger partial charge < -0.3 is 30.0 Å². The summed E-state index contributed by atoms with van der Waals surface area (Å²) >= 11 is 1.02. The van der Waals surface area contributed by atoms with Crippen LogP contribution in [0.5, 0.6) is 0 Å². The van der Waals surface area contributed by atoms with E-state index >= 15 is 0 Å². The molecule has 4 aromatic heterocycles. The number of hydrogen-bond acceptors (Lipinski definition) is 9. The number of aromatic nitrogens is 4. The van der Waals surface area contributed by atoms with Crippen molar-refractivity contribution in [1.82, 2.24) is 24.8 Å². The van der Waals surface area contributed by atoms with Crippen LogP contribution in [0.1, 0.15) is 89.6 Å². The summed E-state index contributed by atoms with van der Waals surface area (Å²) in [7, 11) is 0. The SMILES string of the molecule is Cc1nc(Nc2ccc(NC(=O)C3(NC(=O)c4ccc5c(c4)nc(-c4ccoc4)n5C4CCCCC4)CCCC3)cn2)sc1C(=O)O. The third kappa shape index (κ3) is 6.10. The zero-order chi connectivity index (χ0) is 32.5. The fourth-order valence-corrected chi connectivity index (χ4v) is 7.58. The van der Waals surface area contributed by atoms with E-state index in [1.54, 1.807) is 31.6 Å². The molecule has 7 rings (SSSR count). The zero-order valence-electron chi connectivity index (χ0n) is 25.9. The topological polar surface area (TPSA) is 164 Å². The number of carboxylic acids is 1. The average Bonchev–Trinajstić information content (AvgIpc) is 3.89. The second-order valence-electron chi connectivity index (χ2n) is 12.3. The smallest absolute Gasteiger partial charge is 0.347 e. The summed E-state index contributed by atoms with van der Waals surface area (Å²) in [5.74, 6) is -0.352. The summed E-state index contributed by atoms with van der Waals surface area (Å²) in [6.45, 7) is 1.64. The number of rotatable bonds is 9. The maximum atomic E-state index is 13.7. The Morgan fingerprint density at radius 1 is 1.02 bits per heavy atom. The average molecular weight is 654 g/mol. The molecular weight excluding hydrogens is 618 g/mol. The van der Waals surface area contributed by atoms with Gasteiger partial charge in [-0.15, -0.1) is 0 Å². The van der Waals surface area contributed by atoms with Gasteiger partial charge in [-0.05, 0) is 69.0 Å². The lowest BCUT2D eigenvalue weighted by atomic mass is 9.94.